The average Bonchev–Trinajstić information content (AvgIpc) is 3.31. The lowest BCUT2D eigenvalue weighted by molar-refractivity contribution is -0.122. The zero-order valence-electron chi connectivity index (χ0n) is 14.8. The van der Waals surface area contributed by atoms with E-state index in [-0.39, 0.29) is 30.1 Å². The summed E-state index contributed by atoms with van der Waals surface area (Å²) in [5.41, 5.74) is 0.574. The van der Waals surface area contributed by atoms with Crippen LogP contribution in [0.15, 0.2) is 64.9 Å². The number of amides is 3. The summed E-state index contributed by atoms with van der Waals surface area (Å²) in [5, 5.41) is 6.26. The summed E-state index contributed by atoms with van der Waals surface area (Å²) in [4.78, 5) is 39.7. The topological polar surface area (TPSA) is 66.5 Å². The second-order valence-corrected chi connectivity index (χ2v) is 8.10. The lowest BCUT2D eigenvalue weighted by Gasteiger charge is -2.13. The molecular formula is C21H16N2O3S2. The Morgan fingerprint density at radius 3 is 2.68 bits per heavy atom. The first-order valence-electron chi connectivity index (χ1n) is 8.68. The number of carbonyl (C=O) groups excluding carboxylic acids is 3. The molecule has 0 unspecified atom stereocenters. The molecule has 4 rings (SSSR count). The van der Waals surface area contributed by atoms with Gasteiger partial charge in [-0.1, -0.05) is 42.5 Å². The standard InChI is InChI=1S/C21H16N2O3S2/c24-19(17-9-3-6-14-5-1-2-8-16(14)17)22-10-11-23-20(25)18(28-21(23)26)13-15-7-4-12-27-15/h1-9,12-13H,10-11H2,(H,22,24). The van der Waals surface area contributed by atoms with E-state index < -0.39 is 0 Å². The number of carbonyl (C=O) groups is 3. The normalized spacial score (nSPS) is 15.6. The van der Waals surface area contributed by atoms with E-state index >= 15 is 0 Å². The number of thiophene rings is 1. The number of nitrogens with zero attached hydrogens (tertiary/aromatic N) is 1. The maximum atomic E-state index is 12.6. The average molecular weight is 409 g/mol. The van der Waals surface area contributed by atoms with Gasteiger partial charge in [0.1, 0.15) is 0 Å². The van der Waals surface area contributed by atoms with Gasteiger partial charge in [0.05, 0.1) is 4.91 Å². The first-order chi connectivity index (χ1) is 13.6. The molecule has 0 aliphatic carbocycles. The highest BCUT2D eigenvalue weighted by molar-refractivity contribution is 8.18. The van der Waals surface area contributed by atoms with Gasteiger partial charge < -0.3 is 5.32 Å². The highest BCUT2D eigenvalue weighted by Gasteiger charge is 2.34. The molecule has 1 N–H and O–H groups in total. The van der Waals surface area contributed by atoms with Crippen LogP contribution < -0.4 is 5.32 Å². The Morgan fingerprint density at radius 2 is 1.86 bits per heavy atom. The van der Waals surface area contributed by atoms with Crippen LogP contribution in [0.3, 0.4) is 0 Å². The molecule has 1 aromatic heterocycles. The van der Waals surface area contributed by atoms with Gasteiger partial charge in [0.15, 0.2) is 0 Å². The van der Waals surface area contributed by atoms with Gasteiger partial charge in [-0.2, -0.15) is 0 Å². The smallest absolute Gasteiger partial charge is 0.293 e. The highest BCUT2D eigenvalue weighted by Crippen LogP contribution is 2.32. The van der Waals surface area contributed by atoms with Crippen molar-refractivity contribution in [3.8, 4) is 0 Å². The number of hydrogen-bond acceptors (Lipinski definition) is 5. The van der Waals surface area contributed by atoms with Gasteiger partial charge in [-0.25, -0.2) is 0 Å². The van der Waals surface area contributed by atoms with E-state index in [0.29, 0.717) is 10.5 Å². The Kier molecular flexibility index (Phi) is 5.27. The van der Waals surface area contributed by atoms with E-state index in [1.54, 1.807) is 12.1 Å². The summed E-state index contributed by atoms with van der Waals surface area (Å²) in [6.45, 7) is 0.343. The molecule has 1 saturated heterocycles. The summed E-state index contributed by atoms with van der Waals surface area (Å²) >= 11 is 2.44. The Morgan fingerprint density at radius 1 is 1.04 bits per heavy atom. The quantitative estimate of drug-likeness (QED) is 0.637. The molecule has 7 heteroatoms. The van der Waals surface area contributed by atoms with E-state index in [0.717, 1.165) is 27.4 Å². The minimum atomic E-state index is -0.317. The maximum Gasteiger partial charge on any atom is 0.293 e. The van der Waals surface area contributed by atoms with E-state index in [9.17, 15) is 14.4 Å². The second-order valence-electron chi connectivity index (χ2n) is 6.13. The molecule has 1 aliphatic heterocycles. The number of nitrogens with one attached hydrogen (secondary N) is 1. The summed E-state index contributed by atoms with van der Waals surface area (Å²) < 4.78 is 0. The first-order valence-corrected chi connectivity index (χ1v) is 10.4. The van der Waals surface area contributed by atoms with Crippen LogP contribution in [0.2, 0.25) is 0 Å². The van der Waals surface area contributed by atoms with E-state index in [2.05, 4.69) is 5.32 Å². The number of thioether (sulfide) groups is 1. The number of fused-ring (bicyclic) bond motifs is 1. The molecule has 2 aromatic carbocycles. The van der Waals surface area contributed by atoms with Crippen LogP contribution in [0.25, 0.3) is 16.8 Å². The van der Waals surface area contributed by atoms with Crippen LogP contribution in [0.1, 0.15) is 15.2 Å². The molecule has 1 fully saturated rings. The zero-order valence-corrected chi connectivity index (χ0v) is 16.4. The van der Waals surface area contributed by atoms with Crippen LogP contribution in [0.5, 0.6) is 0 Å². The molecule has 0 saturated carbocycles. The molecule has 0 atom stereocenters. The second kappa shape index (κ2) is 8.00. The van der Waals surface area contributed by atoms with Crippen LogP contribution in [0, 0.1) is 0 Å². The van der Waals surface area contributed by atoms with Crippen LogP contribution in [0.4, 0.5) is 4.79 Å². The molecule has 3 amide bonds. The van der Waals surface area contributed by atoms with Gasteiger partial charge in [-0.15, -0.1) is 11.3 Å². The molecule has 3 aromatic rings. The van der Waals surface area contributed by atoms with Gasteiger partial charge in [-0.3, -0.25) is 19.3 Å². The fourth-order valence-electron chi connectivity index (χ4n) is 3.00. The third-order valence-corrected chi connectivity index (χ3v) is 6.07. The third kappa shape index (κ3) is 3.72. The highest BCUT2D eigenvalue weighted by atomic mass is 32.2. The van der Waals surface area contributed by atoms with Crippen molar-refractivity contribution in [2.75, 3.05) is 13.1 Å². The molecule has 0 bridgehead atoms. The molecule has 2 heterocycles. The summed E-state index contributed by atoms with van der Waals surface area (Å²) in [5.74, 6) is -0.541. The van der Waals surface area contributed by atoms with Crippen molar-refractivity contribution in [2.45, 2.75) is 0 Å². The number of benzene rings is 2. The third-order valence-electron chi connectivity index (χ3n) is 4.35. The molecular weight excluding hydrogens is 392 g/mol. The minimum absolute atomic E-state index is 0.142. The van der Waals surface area contributed by atoms with E-state index in [1.165, 1.54) is 16.2 Å². The van der Waals surface area contributed by atoms with Crippen LogP contribution in [-0.2, 0) is 4.79 Å². The van der Waals surface area contributed by atoms with Gasteiger partial charge in [0.25, 0.3) is 17.1 Å². The van der Waals surface area contributed by atoms with Crippen molar-refractivity contribution in [1.82, 2.24) is 10.2 Å². The summed E-state index contributed by atoms with van der Waals surface area (Å²) in [6, 6.07) is 17.0. The fraction of sp³-hybridized carbons (Fsp3) is 0.0952. The fourth-order valence-corrected chi connectivity index (χ4v) is 4.58. The summed E-state index contributed by atoms with van der Waals surface area (Å²) in [7, 11) is 0. The SMILES string of the molecule is O=C(NCCN1C(=O)SC(=Cc2cccs2)C1=O)c1cccc2ccccc12. The Bertz CT molecular complexity index is 1080. The molecule has 5 nitrogen and oxygen atoms in total. The minimum Gasteiger partial charge on any atom is -0.350 e. The zero-order chi connectivity index (χ0) is 19.5. The van der Waals surface area contributed by atoms with Crippen molar-refractivity contribution >= 4 is 57.0 Å². The monoisotopic (exact) mass is 408 g/mol. The largest absolute Gasteiger partial charge is 0.350 e. The Labute approximate surface area is 170 Å². The predicted octanol–water partition coefficient (Wildman–Crippen LogP) is 4.37. The lowest BCUT2D eigenvalue weighted by Crippen LogP contribution is -2.37. The maximum absolute atomic E-state index is 12.6. The summed E-state index contributed by atoms with van der Waals surface area (Å²) in [6.07, 6.45) is 1.73. The lowest BCUT2D eigenvalue weighted by atomic mass is 10.0. The molecule has 0 radical (unpaired) electrons. The van der Waals surface area contributed by atoms with Crippen molar-refractivity contribution in [2.24, 2.45) is 0 Å². The van der Waals surface area contributed by atoms with E-state index in [4.69, 9.17) is 0 Å². The first kappa shape index (κ1) is 18.5. The van der Waals surface area contributed by atoms with Crippen molar-refractivity contribution in [3.05, 3.63) is 75.3 Å². The van der Waals surface area contributed by atoms with E-state index in [1.807, 2.05) is 53.9 Å². The van der Waals surface area contributed by atoms with Crippen molar-refractivity contribution in [1.29, 1.82) is 0 Å². The number of hydrogen-bond donors (Lipinski definition) is 1. The van der Waals surface area contributed by atoms with Gasteiger partial charge in [-0.05, 0) is 46.1 Å². The van der Waals surface area contributed by atoms with Crippen molar-refractivity contribution < 1.29 is 14.4 Å². The molecule has 140 valence electrons. The molecule has 1 aliphatic rings. The number of rotatable bonds is 5. The molecule has 28 heavy (non-hydrogen) atoms. The Balaban J connectivity index is 1.40. The predicted molar refractivity (Wildman–Crippen MR) is 113 cm³/mol. The Hall–Kier alpha value is -2.90. The van der Waals surface area contributed by atoms with Gasteiger partial charge in [0.2, 0.25) is 0 Å². The molecule has 0 spiro atoms. The van der Waals surface area contributed by atoms with Crippen LogP contribution in [-0.4, -0.2) is 35.0 Å². The van der Waals surface area contributed by atoms with Crippen molar-refractivity contribution in [3.63, 3.8) is 0 Å². The number of imide groups is 1. The van der Waals surface area contributed by atoms with Crippen LogP contribution >= 0.6 is 23.1 Å². The van der Waals surface area contributed by atoms with Gasteiger partial charge in [0, 0.05) is 23.5 Å². The van der Waals surface area contributed by atoms with Gasteiger partial charge >= 0.3 is 0 Å².